The van der Waals surface area contributed by atoms with Crippen LogP contribution in [0.25, 0.3) is 0 Å². The van der Waals surface area contributed by atoms with Crippen LogP contribution >= 0.6 is 11.6 Å². The van der Waals surface area contributed by atoms with E-state index in [0.29, 0.717) is 25.5 Å². The fraction of sp³-hybridized carbons (Fsp3) is 0.562. The van der Waals surface area contributed by atoms with Gasteiger partial charge in [-0.1, -0.05) is 23.7 Å². The molecular weight excluding hydrogens is 316 g/mol. The Bertz CT molecular complexity index is 519. The van der Waals surface area contributed by atoms with Gasteiger partial charge in [0, 0.05) is 37.1 Å². The summed E-state index contributed by atoms with van der Waals surface area (Å²) in [4.78, 5) is 12.1. The molecule has 0 radical (unpaired) electrons. The Morgan fingerprint density at radius 2 is 2.13 bits per heavy atom. The Kier molecular flexibility index (Phi) is 5.85. The van der Waals surface area contributed by atoms with Crippen molar-refractivity contribution in [2.45, 2.75) is 18.6 Å². The number of benzene rings is 1. The average molecular weight is 339 g/mol. The van der Waals surface area contributed by atoms with E-state index in [1.54, 1.807) is 0 Å². The summed E-state index contributed by atoms with van der Waals surface area (Å²) in [6.45, 7) is 3.72. The molecular formula is C16H23ClN4O2. The average Bonchev–Trinajstić information content (AvgIpc) is 3.03. The fourth-order valence-corrected chi connectivity index (χ4v) is 3.15. The summed E-state index contributed by atoms with van der Waals surface area (Å²) in [7, 11) is 0. The van der Waals surface area contributed by atoms with Gasteiger partial charge in [-0.15, -0.1) is 0 Å². The maximum atomic E-state index is 12.1. The van der Waals surface area contributed by atoms with Crippen LogP contribution in [0.1, 0.15) is 18.0 Å². The van der Waals surface area contributed by atoms with Crippen LogP contribution in [-0.2, 0) is 9.53 Å². The summed E-state index contributed by atoms with van der Waals surface area (Å²) < 4.78 is 5.56. The number of hydrazine groups is 1. The van der Waals surface area contributed by atoms with Crippen LogP contribution in [0, 0.1) is 5.92 Å². The fourth-order valence-electron chi connectivity index (χ4n) is 3.03. The predicted octanol–water partition coefficient (Wildman–Crippen LogP) is 0.600. The van der Waals surface area contributed by atoms with E-state index in [9.17, 15) is 4.79 Å². The molecule has 1 aromatic rings. The number of halogens is 1. The van der Waals surface area contributed by atoms with Gasteiger partial charge in [-0.2, -0.15) is 0 Å². The van der Waals surface area contributed by atoms with Gasteiger partial charge in [-0.05, 0) is 17.7 Å². The minimum atomic E-state index is -0.0179. The highest BCUT2D eigenvalue weighted by Gasteiger charge is 2.28. The molecule has 2 saturated heterocycles. The number of ether oxygens (including phenoxy) is 1. The van der Waals surface area contributed by atoms with Gasteiger partial charge in [-0.3, -0.25) is 10.2 Å². The highest BCUT2D eigenvalue weighted by molar-refractivity contribution is 6.30. The molecule has 0 aliphatic carbocycles. The molecule has 6 nitrogen and oxygen atoms in total. The van der Waals surface area contributed by atoms with Crippen molar-refractivity contribution in [1.82, 2.24) is 21.5 Å². The van der Waals surface area contributed by atoms with Crippen LogP contribution in [-0.4, -0.2) is 44.8 Å². The molecule has 7 heteroatoms. The second-order valence-corrected chi connectivity index (χ2v) is 6.46. The normalized spacial score (nSPS) is 27.8. The minimum Gasteiger partial charge on any atom is -0.375 e. The van der Waals surface area contributed by atoms with Gasteiger partial charge in [0.1, 0.15) is 0 Å². The third-order valence-corrected chi connectivity index (χ3v) is 4.55. The zero-order valence-corrected chi connectivity index (χ0v) is 13.7. The Labute approximate surface area is 141 Å². The second-order valence-electron chi connectivity index (χ2n) is 6.02. The first-order valence-electron chi connectivity index (χ1n) is 8.05. The molecule has 2 aliphatic heterocycles. The predicted molar refractivity (Wildman–Crippen MR) is 89.1 cm³/mol. The Morgan fingerprint density at radius 1 is 1.30 bits per heavy atom. The van der Waals surface area contributed by atoms with Gasteiger partial charge in [0.25, 0.3) is 0 Å². The summed E-state index contributed by atoms with van der Waals surface area (Å²) in [6, 6.07) is 7.98. The molecule has 1 aromatic carbocycles. The van der Waals surface area contributed by atoms with Gasteiger partial charge >= 0.3 is 0 Å². The highest BCUT2D eigenvalue weighted by atomic mass is 35.5. The molecule has 4 N–H and O–H groups in total. The number of amides is 1. The van der Waals surface area contributed by atoms with Crippen LogP contribution < -0.4 is 21.5 Å². The van der Waals surface area contributed by atoms with Crippen molar-refractivity contribution in [2.75, 3.05) is 32.8 Å². The lowest BCUT2D eigenvalue weighted by molar-refractivity contribution is -0.124. The lowest BCUT2D eigenvalue weighted by atomic mass is 9.95. The van der Waals surface area contributed by atoms with E-state index < -0.39 is 0 Å². The monoisotopic (exact) mass is 338 g/mol. The van der Waals surface area contributed by atoms with E-state index in [4.69, 9.17) is 16.3 Å². The maximum absolute atomic E-state index is 12.1. The zero-order valence-electron chi connectivity index (χ0n) is 13.0. The second kappa shape index (κ2) is 8.08. The Hall–Kier alpha value is -1.18. The third-order valence-electron chi connectivity index (χ3n) is 4.30. The van der Waals surface area contributed by atoms with E-state index in [-0.39, 0.29) is 18.1 Å². The first kappa shape index (κ1) is 16.7. The molecule has 2 aliphatic rings. The summed E-state index contributed by atoms with van der Waals surface area (Å²) in [5.74, 6) is 0.339. The number of nitrogens with one attached hydrogen (secondary N) is 4. The number of hydrogen-bond acceptors (Lipinski definition) is 5. The third kappa shape index (κ3) is 4.65. The number of carbonyl (C=O) groups excluding carboxylic acids is 1. The van der Waals surface area contributed by atoms with Crippen molar-refractivity contribution in [1.29, 1.82) is 0 Å². The molecule has 23 heavy (non-hydrogen) atoms. The minimum absolute atomic E-state index is 0.0179. The van der Waals surface area contributed by atoms with Crippen molar-refractivity contribution in [2.24, 2.45) is 5.92 Å². The van der Waals surface area contributed by atoms with Gasteiger partial charge in [0.05, 0.1) is 25.2 Å². The van der Waals surface area contributed by atoms with Crippen LogP contribution in [0.2, 0.25) is 5.02 Å². The molecule has 1 amide bonds. The van der Waals surface area contributed by atoms with Crippen LogP contribution in [0.5, 0.6) is 0 Å². The Balaban J connectivity index is 1.48. The number of morpholine rings is 1. The SMILES string of the molecule is O=C(CC1CNCCO1)NCC1CNNC1c1ccc(Cl)cc1. The van der Waals surface area contributed by atoms with E-state index in [1.165, 1.54) is 5.56 Å². The molecule has 2 fully saturated rings. The first-order chi connectivity index (χ1) is 11.2. The van der Waals surface area contributed by atoms with E-state index in [0.717, 1.165) is 24.7 Å². The molecule has 0 saturated carbocycles. The standard InChI is InChI=1S/C16H23ClN4O2/c17-13-3-1-11(2-4-13)16-12(9-20-21-16)8-19-15(22)7-14-10-18-5-6-23-14/h1-4,12,14,16,18,20-21H,5-10H2,(H,19,22). The topological polar surface area (TPSA) is 74.4 Å². The van der Waals surface area contributed by atoms with Crippen molar-refractivity contribution in [3.8, 4) is 0 Å². The molecule has 2 heterocycles. The smallest absolute Gasteiger partial charge is 0.222 e. The van der Waals surface area contributed by atoms with Crippen LogP contribution in [0.4, 0.5) is 0 Å². The van der Waals surface area contributed by atoms with Gasteiger partial charge in [0.2, 0.25) is 5.91 Å². The van der Waals surface area contributed by atoms with E-state index in [2.05, 4.69) is 21.5 Å². The molecule has 0 aromatic heterocycles. The molecule has 126 valence electrons. The van der Waals surface area contributed by atoms with Gasteiger partial charge < -0.3 is 15.4 Å². The summed E-state index contributed by atoms with van der Waals surface area (Å²) in [5.41, 5.74) is 7.61. The van der Waals surface area contributed by atoms with Crippen molar-refractivity contribution >= 4 is 17.5 Å². The molecule has 3 rings (SSSR count). The highest BCUT2D eigenvalue weighted by Crippen LogP contribution is 2.25. The van der Waals surface area contributed by atoms with E-state index >= 15 is 0 Å². The number of hydrogen-bond donors (Lipinski definition) is 4. The lowest BCUT2D eigenvalue weighted by Crippen LogP contribution is -2.42. The maximum Gasteiger partial charge on any atom is 0.222 e. The van der Waals surface area contributed by atoms with Crippen LogP contribution in [0.3, 0.4) is 0 Å². The van der Waals surface area contributed by atoms with Crippen LogP contribution in [0.15, 0.2) is 24.3 Å². The molecule has 0 bridgehead atoms. The molecule has 0 spiro atoms. The summed E-state index contributed by atoms with van der Waals surface area (Å²) in [6.07, 6.45) is 0.391. The Morgan fingerprint density at radius 3 is 2.87 bits per heavy atom. The number of rotatable bonds is 5. The molecule has 3 atom stereocenters. The number of carbonyl (C=O) groups is 1. The zero-order chi connectivity index (χ0) is 16.1. The quantitative estimate of drug-likeness (QED) is 0.633. The van der Waals surface area contributed by atoms with Gasteiger partial charge in [-0.25, -0.2) is 5.43 Å². The van der Waals surface area contributed by atoms with E-state index in [1.807, 2.05) is 24.3 Å². The lowest BCUT2D eigenvalue weighted by Gasteiger charge is -2.24. The van der Waals surface area contributed by atoms with Gasteiger partial charge in [0.15, 0.2) is 0 Å². The van der Waals surface area contributed by atoms with Crippen molar-refractivity contribution in [3.05, 3.63) is 34.9 Å². The summed E-state index contributed by atoms with van der Waals surface area (Å²) >= 11 is 5.94. The summed E-state index contributed by atoms with van der Waals surface area (Å²) in [5, 5.41) is 6.99. The molecule has 3 unspecified atom stereocenters. The first-order valence-corrected chi connectivity index (χ1v) is 8.43. The largest absolute Gasteiger partial charge is 0.375 e. The van der Waals surface area contributed by atoms with Crippen molar-refractivity contribution < 1.29 is 9.53 Å². The van der Waals surface area contributed by atoms with Crippen molar-refractivity contribution in [3.63, 3.8) is 0 Å².